The summed E-state index contributed by atoms with van der Waals surface area (Å²) in [7, 11) is 1.85. The minimum absolute atomic E-state index is 0.123. The number of terminal acetylenes is 1. The summed E-state index contributed by atoms with van der Waals surface area (Å²) in [6.07, 6.45) is 11.3. The zero-order valence-corrected chi connectivity index (χ0v) is 19.3. The fraction of sp³-hybridized carbons (Fsp3) is 0.538. The number of likely N-dealkylation sites (N-methyl/N-ethyl adjacent to an activating group) is 1. The third kappa shape index (κ3) is 7.03. The van der Waals surface area contributed by atoms with Gasteiger partial charge in [-0.2, -0.15) is 0 Å². The molecule has 2 N–H and O–H groups in total. The number of hydrogen-bond donors (Lipinski definition) is 2. The van der Waals surface area contributed by atoms with Crippen LogP contribution < -0.4 is 5.32 Å². The second-order valence-electron chi connectivity index (χ2n) is 8.64. The number of nitrogens with zero attached hydrogens (tertiary/aromatic N) is 1. The van der Waals surface area contributed by atoms with E-state index >= 15 is 0 Å². The van der Waals surface area contributed by atoms with E-state index in [2.05, 4.69) is 16.1 Å². The first-order chi connectivity index (χ1) is 15.2. The van der Waals surface area contributed by atoms with Crippen molar-refractivity contribution in [1.29, 1.82) is 0 Å². The van der Waals surface area contributed by atoms with Gasteiger partial charge in [0.2, 0.25) is 0 Å². The Morgan fingerprint density at radius 2 is 2.00 bits per heavy atom. The highest BCUT2D eigenvalue weighted by Gasteiger charge is 2.27. The van der Waals surface area contributed by atoms with Crippen molar-refractivity contribution >= 4 is 11.6 Å². The first-order valence-electron chi connectivity index (χ1n) is 11.2. The van der Waals surface area contributed by atoms with Gasteiger partial charge in [0, 0.05) is 55.0 Å². The Kier molecular flexibility index (Phi) is 9.65. The summed E-state index contributed by atoms with van der Waals surface area (Å²) in [6.45, 7) is 4.64. The predicted molar refractivity (Wildman–Crippen MR) is 125 cm³/mol. The Bertz CT molecular complexity index is 884. The van der Waals surface area contributed by atoms with E-state index in [0.29, 0.717) is 47.9 Å². The molecule has 1 aromatic carbocycles. The molecule has 1 aromatic rings. The summed E-state index contributed by atoms with van der Waals surface area (Å²) in [4.78, 5) is 13.3. The van der Waals surface area contributed by atoms with Gasteiger partial charge in [-0.25, -0.2) is 13.6 Å². The van der Waals surface area contributed by atoms with E-state index in [-0.39, 0.29) is 11.7 Å². The Labute approximate surface area is 190 Å². The highest BCUT2D eigenvalue weighted by atomic mass is 19.3. The van der Waals surface area contributed by atoms with E-state index in [1.807, 2.05) is 13.0 Å². The lowest BCUT2D eigenvalue weighted by atomic mass is 9.85. The molecule has 0 atom stereocenters. The highest BCUT2D eigenvalue weighted by Crippen LogP contribution is 2.34. The second kappa shape index (κ2) is 12.0. The van der Waals surface area contributed by atoms with Gasteiger partial charge in [0.25, 0.3) is 5.92 Å². The number of aliphatic hydroxyl groups is 1. The normalized spacial score (nSPS) is 19.5. The zero-order chi connectivity index (χ0) is 23.7. The highest BCUT2D eigenvalue weighted by molar-refractivity contribution is 5.76. The number of halogens is 2. The van der Waals surface area contributed by atoms with Crippen LogP contribution in [0.25, 0.3) is 5.70 Å². The molecule has 0 heterocycles. The fourth-order valence-corrected chi connectivity index (χ4v) is 4.28. The Morgan fingerprint density at radius 3 is 2.56 bits per heavy atom. The van der Waals surface area contributed by atoms with Crippen molar-refractivity contribution in [2.45, 2.75) is 58.0 Å². The molecule has 1 aliphatic carbocycles. The quantitative estimate of drug-likeness (QED) is 0.320. The van der Waals surface area contributed by atoms with Crippen LogP contribution >= 0.6 is 0 Å². The van der Waals surface area contributed by atoms with Gasteiger partial charge < -0.3 is 15.3 Å². The van der Waals surface area contributed by atoms with E-state index in [1.165, 1.54) is 18.2 Å². The summed E-state index contributed by atoms with van der Waals surface area (Å²) in [6, 6.07) is 4.33. The van der Waals surface area contributed by atoms with Gasteiger partial charge in [0.1, 0.15) is 5.94 Å². The number of hydrogen-bond acceptors (Lipinski definition) is 4. The van der Waals surface area contributed by atoms with Crippen LogP contribution in [0.4, 0.5) is 8.78 Å². The molecule has 0 amide bonds. The van der Waals surface area contributed by atoms with Gasteiger partial charge >= 0.3 is 0 Å². The van der Waals surface area contributed by atoms with Gasteiger partial charge in [-0.3, -0.25) is 0 Å². The van der Waals surface area contributed by atoms with Crippen LogP contribution in [-0.2, 0) is 10.7 Å². The Balaban J connectivity index is 2.49. The molecule has 1 saturated carbocycles. The van der Waals surface area contributed by atoms with Crippen molar-refractivity contribution in [3.05, 3.63) is 46.5 Å². The molecule has 0 spiro atoms. The van der Waals surface area contributed by atoms with Gasteiger partial charge in [-0.05, 0) is 69.7 Å². The summed E-state index contributed by atoms with van der Waals surface area (Å²) in [5, 5.41) is 12.9. The topological polar surface area (TPSA) is 52.6 Å². The van der Waals surface area contributed by atoms with Crippen LogP contribution in [0.3, 0.4) is 0 Å². The Hall–Kier alpha value is -2.45. The lowest BCUT2D eigenvalue weighted by Crippen LogP contribution is -2.33. The summed E-state index contributed by atoms with van der Waals surface area (Å²) >= 11 is 0. The molecule has 0 unspecified atom stereocenters. The van der Waals surface area contributed by atoms with Crippen molar-refractivity contribution < 1.29 is 18.7 Å². The van der Waals surface area contributed by atoms with E-state index < -0.39 is 5.92 Å². The first-order valence-corrected chi connectivity index (χ1v) is 11.2. The van der Waals surface area contributed by atoms with Gasteiger partial charge in [-0.15, -0.1) is 6.42 Å². The molecule has 1 fully saturated rings. The first kappa shape index (κ1) is 25.8. The molecule has 0 radical (unpaired) electrons. The number of allylic oxidation sites excluding steroid dienone is 2. The Morgan fingerprint density at radius 1 is 1.31 bits per heavy atom. The number of alkyl halides is 2. The van der Waals surface area contributed by atoms with Gasteiger partial charge in [0.05, 0.1) is 6.10 Å². The van der Waals surface area contributed by atoms with E-state index in [1.54, 1.807) is 13.0 Å². The molecule has 174 valence electrons. The molecule has 0 aliphatic heterocycles. The number of nitrogens with one attached hydrogen (secondary N) is 1. The van der Waals surface area contributed by atoms with Gasteiger partial charge in [-0.1, -0.05) is 12.0 Å². The molecule has 32 heavy (non-hydrogen) atoms. The monoisotopic (exact) mass is 444 g/mol. The van der Waals surface area contributed by atoms with Crippen molar-refractivity contribution in [2.24, 2.45) is 5.92 Å². The van der Waals surface area contributed by atoms with E-state index in [4.69, 9.17) is 6.42 Å². The molecule has 0 bridgehead atoms. The SMILES string of the molecule is C#Cc1ccc(C(C)(F)F)cc1/C(=C(\C)C=C=O)N(CCNC)CCC1CCC(O)CC1. The van der Waals surface area contributed by atoms with E-state index in [0.717, 1.165) is 39.0 Å². The number of rotatable bonds is 10. The van der Waals surface area contributed by atoms with Crippen LogP contribution in [-0.4, -0.2) is 48.7 Å². The molecule has 0 aromatic heterocycles. The van der Waals surface area contributed by atoms with Crippen LogP contribution in [0, 0.1) is 18.3 Å². The average Bonchev–Trinajstić information content (AvgIpc) is 2.76. The molecular weight excluding hydrogens is 410 g/mol. The van der Waals surface area contributed by atoms with Crippen LogP contribution in [0.15, 0.2) is 29.8 Å². The van der Waals surface area contributed by atoms with Gasteiger partial charge in [0.15, 0.2) is 0 Å². The van der Waals surface area contributed by atoms with E-state index in [9.17, 15) is 18.7 Å². The smallest absolute Gasteiger partial charge is 0.270 e. The summed E-state index contributed by atoms with van der Waals surface area (Å²) < 4.78 is 28.3. The standard InChI is InChI=1S/C26H34F2N2O2/c1-5-21-8-9-22(26(3,27)28)18-24(21)25(19(2)13-17-31)30(16-14-29-4)15-12-20-6-10-23(32)11-7-20/h1,8-9,13,18,20,23,29,32H,6-7,10-12,14-16H2,2-4H3/b25-19-. The molecule has 0 saturated heterocycles. The van der Waals surface area contributed by atoms with Crippen LogP contribution in [0.2, 0.25) is 0 Å². The minimum Gasteiger partial charge on any atom is -0.393 e. The van der Waals surface area contributed by atoms with Crippen molar-refractivity contribution in [2.75, 3.05) is 26.7 Å². The lowest BCUT2D eigenvalue weighted by Gasteiger charge is -2.33. The summed E-state index contributed by atoms with van der Waals surface area (Å²) in [5.74, 6) is 1.91. The second-order valence-corrected chi connectivity index (χ2v) is 8.64. The number of aliphatic hydroxyl groups excluding tert-OH is 1. The third-order valence-electron chi connectivity index (χ3n) is 6.16. The van der Waals surface area contributed by atoms with Crippen LogP contribution in [0.5, 0.6) is 0 Å². The minimum atomic E-state index is -3.01. The fourth-order valence-electron chi connectivity index (χ4n) is 4.28. The maximum atomic E-state index is 14.1. The van der Waals surface area contributed by atoms with Crippen LogP contribution in [0.1, 0.15) is 62.6 Å². The molecular formula is C26H34F2N2O2. The molecule has 6 heteroatoms. The zero-order valence-electron chi connectivity index (χ0n) is 19.3. The lowest BCUT2D eigenvalue weighted by molar-refractivity contribution is 0.0174. The largest absolute Gasteiger partial charge is 0.393 e. The van der Waals surface area contributed by atoms with Crippen molar-refractivity contribution in [3.63, 3.8) is 0 Å². The number of carbonyl (C=O) groups excluding carboxylic acids is 1. The summed E-state index contributed by atoms with van der Waals surface area (Å²) in [5.41, 5.74) is 2.20. The van der Waals surface area contributed by atoms with Crippen molar-refractivity contribution in [1.82, 2.24) is 10.2 Å². The number of benzene rings is 1. The maximum Gasteiger partial charge on any atom is 0.270 e. The predicted octanol–water partition coefficient (Wildman–Crippen LogP) is 4.36. The average molecular weight is 445 g/mol. The maximum absolute atomic E-state index is 14.1. The van der Waals surface area contributed by atoms with Crippen molar-refractivity contribution in [3.8, 4) is 12.3 Å². The molecule has 1 aliphatic rings. The third-order valence-corrected chi connectivity index (χ3v) is 6.16. The molecule has 4 nitrogen and oxygen atoms in total. The molecule has 2 rings (SSSR count).